The molecule has 0 unspecified atom stereocenters. The lowest BCUT2D eigenvalue weighted by molar-refractivity contribution is -0.178. The number of carbonyl (C=O) groups is 1. The first-order valence-corrected chi connectivity index (χ1v) is 8.24. The number of halogens is 3. The zero-order chi connectivity index (χ0) is 16.1. The molecule has 21 heavy (non-hydrogen) atoms. The lowest BCUT2D eigenvalue weighted by atomic mass is 10.1. The highest BCUT2D eigenvalue weighted by Gasteiger charge is 2.35. The van der Waals surface area contributed by atoms with Crippen molar-refractivity contribution in [2.24, 2.45) is 0 Å². The fourth-order valence-electron chi connectivity index (χ4n) is 2.02. The Hall–Kier alpha value is -0.870. The standard InChI is InChI=1S/C11H18F3NO5S/c1-21(17,18)15-5-3-2-4-9(15)10(16)20-7-6-19-8-11(12,13)14/h9H,2-8H2,1H3/t9-/m1/s1. The number of hydrogen-bond acceptors (Lipinski definition) is 5. The average Bonchev–Trinajstić information content (AvgIpc) is 2.35. The second-order valence-corrected chi connectivity index (χ2v) is 6.66. The van der Waals surface area contributed by atoms with E-state index in [1.807, 2.05) is 0 Å². The van der Waals surface area contributed by atoms with Gasteiger partial charge in [-0.2, -0.15) is 17.5 Å². The molecule has 0 aromatic rings. The molecule has 1 saturated heterocycles. The molecule has 0 aromatic heterocycles. The molecule has 1 fully saturated rings. The van der Waals surface area contributed by atoms with Crippen LogP contribution < -0.4 is 0 Å². The molecule has 1 aliphatic rings. The summed E-state index contributed by atoms with van der Waals surface area (Å²) in [6.07, 6.45) is -1.73. The minimum Gasteiger partial charge on any atom is -0.462 e. The summed E-state index contributed by atoms with van der Waals surface area (Å²) in [5.74, 6) is -0.754. The van der Waals surface area contributed by atoms with Gasteiger partial charge in [0.05, 0.1) is 12.9 Å². The summed E-state index contributed by atoms with van der Waals surface area (Å²) in [7, 11) is -3.52. The number of rotatable bonds is 6. The Morgan fingerprint density at radius 1 is 1.29 bits per heavy atom. The third-order valence-corrected chi connectivity index (χ3v) is 4.18. The molecule has 1 rings (SSSR count). The van der Waals surface area contributed by atoms with Gasteiger partial charge in [-0.15, -0.1) is 0 Å². The Balaban J connectivity index is 2.39. The zero-order valence-corrected chi connectivity index (χ0v) is 12.4. The van der Waals surface area contributed by atoms with Gasteiger partial charge >= 0.3 is 12.1 Å². The number of nitrogens with zero attached hydrogens (tertiary/aromatic N) is 1. The third kappa shape index (κ3) is 6.62. The minimum atomic E-state index is -4.43. The number of ether oxygens (including phenoxy) is 2. The minimum absolute atomic E-state index is 0.239. The summed E-state index contributed by atoms with van der Waals surface area (Å²) >= 11 is 0. The van der Waals surface area contributed by atoms with Crippen molar-refractivity contribution in [3.63, 3.8) is 0 Å². The third-order valence-electron chi connectivity index (χ3n) is 2.89. The summed E-state index contributed by atoms with van der Waals surface area (Å²) < 4.78 is 68.7. The van der Waals surface area contributed by atoms with Crippen molar-refractivity contribution in [2.45, 2.75) is 31.5 Å². The molecule has 10 heteroatoms. The van der Waals surface area contributed by atoms with Gasteiger partial charge in [0.15, 0.2) is 0 Å². The van der Waals surface area contributed by atoms with Crippen LogP contribution in [0.4, 0.5) is 13.2 Å². The molecule has 1 atom stereocenters. The fraction of sp³-hybridized carbons (Fsp3) is 0.909. The van der Waals surface area contributed by atoms with Crippen molar-refractivity contribution < 1.29 is 35.9 Å². The van der Waals surface area contributed by atoms with Gasteiger partial charge in [0.1, 0.15) is 19.3 Å². The Morgan fingerprint density at radius 3 is 2.52 bits per heavy atom. The first-order chi connectivity index (χ1) is 9.61. The van der Waals surface area contributed by atoms with Crippen LogP contribution in [-0.2, 0) is 24.3 Å². The maximum absolute atomic E-state index is 11.8. The molecule has 0 aromatic carbocycles. The summed E-state index contributed by atoms with van der Waals surface area (Å²) in [5, 5.41) is 0. The normalized spacial score (nSPS) is 21.2. The highest BCUT2D eigenvalue weighted by Crippen LogP contribution is 2.21. The summed E-state index contributed by atoms with van der Waals surface area (Å²) in [6, 6.07) is -0.906. The maximum atomic E-state index is 11.8. The van der Waals surface area contributed by atoms with Crippen molar-refractivity contribution in [1.29, 1.82) is 0 Å². The first-order valence-electron chi connectivity index (χ1n) is 6.39. The van der Waals surface area contributed by atoms with Crippen LogP contribution in [0.25, 0.3) is 0 Å². The molecular weight excluding hydrogens is 315 g/mol. The van der Waals surface area contributed by atoms with E-state index in [4.69, 9.17) is 4.74 Å². The molecule has 1 heterocycles. The van der Waals surface area contributed by atoms with Crippen LogP contribution in [0.2, 0.25) is 0 Å². The van der Waals surface area contributed by atoms with Gasteiger partial charge in [-0.1, -0.05) is 0 Å². The largest absolute Gasteiger partial charge is 0.462 e. The second-order valence-electron chi connectivity index (χ2n) is 4.72. The second kappa shape index (κ2) is 7.41. The first kappa shape index (κ1) is 18.2. The van der Waals surface area contributed by atoms with E-state index in [1.165, 1.54) is 0 Å². The van der Waals surface area contributed by atoms with Gasteiger partial charge in [0.2, 0.25) is 10.0 Å². The van der Waals surface area contributed by atoms with E-state index in [2.05, 4.69) is 4.74 Å². The molecule has 0 saturated carbocycles. The average molecular weight is 333 g/mol. The smallest absolute Gasteiger partial charge is 0.411 e. The van der Waals surface area contributed by atoms with Crippen LogP contribution in [0, 0.1) is 0 Å². The number of hydrogen-bond donors (Lipinski definition) is 0. The van der Waals surface area contributed by atoms with Gasteiger partial charge in [0.25, 0.3) is 0 Å². The number of carbonyl (C=O) groups excluding carboxylic acids is 1. The molecule has 6 nitrogen and oxygen atoms in total. The van der Waals surface area contributed by atoms with Crippen LogP contribution in [-0.4, -0.2) is 63.5 Å². The van der Waals surface area contributed by atoms with Gasteiger partial charge < -0.3 is 9.47 Å². The molecule has 124 valence electrons. The van der Waals surface area contributed by atoms with Crippen LogP contribution in [0.5, 0.6) is 0 Å². The van der Waals surface area contributed by atoms with E-state index in [0.29, 0.717) is 19.3 Å². The SMILES string of the molecule is CS(=O)(=O)N1CCCC[C@@H]1C(=O)OCCOCC(F)(F)F. The quantitative estimate of drug-likeness (QED) is 0.534. The fourth-order valence-corrected chi connectivity index (χ4v) is 3.14. The lowest BCUT2D eigenvalue weighted by Gasteiger charge is -2.31. The predicted octanol–water partition coefficient (Wildman–Crippen LogP) is 0.923. The van der Waals surface area contributed by atoms with Crippen LogP contribution in [0.1, 0.15) is 19.3 Å². The van der Waals surface area contributed by atoms with Crippen molar-refractivity contribution in [3.05, 3.63) is 0 Å². The Kier molecular flexibility index (Phi) is 6.41. The topological polar surface area (TPSA) is 72.9 Å². The lowest BCUT2D eigenvalue weighted by Crippen LogP contribution is -2.48. The Labute approximate surface area is 121 Å². The monoisotopic (exact) mass is 333 g/mol. The molecule has 0 radical (unpaired) electrons. The van der Waals surface area contributed by atoms with E-state index in [0.717, 1.165) is 10.6 Å². The summed E-state index contributed by atoms with van der Waals surface area (Å²) in [4.78, 5) is 11.8. The van der Waals surface area contributed by atoms with Gasteiger partial charge in [0, 0.05) is 6.54 Å². The van der Waals surface area contributed by atoms with Crippen LogP contribution >= 0.6 is 0 Å². The zero-order valence-electron chi connectivity index (χ0n) is 11.6. The highest BCUT2D eigenvalue weighted by atomic mass is 32.2. The predicted molar refractivity (Wildman–Crippen MR) is 67.0 cm³/mol. The van der Waals surface area contributed by atoms with Crippen LogP contribution in [0.15, 0.2) is 0 Å². The molecule has 0 bridgehead atoms. The molecule has 0 amide bonds. The van der Waals surface area contributed by atoms with Crippen molar-refractivity contribution in [3.8, 4) is 0 Å². The molecular formula is C11H18F3NO5S. The Morgan fingerprint density at radius 2 is 1.95 bits per heavy atom. The van der Waals surface area contributed by atoms with E-state index < -0.39 is 41.4 Å². The van der Waals surface area contributed by atoms with Gasteiger partial charge in [-0.25, -0.2) is 8.42 Å². The molecule has 0 spiro atoms. The highest BCUT2D eigenvalue weighted by molar-refractivity contribution is 7.88. The van der Waals surface area contributed by atoms with Crippen molar-refractivity contribution in [2.75, 3.05) is 32.6 Å². The van der Waals surface area contributed by atoms with E-state index >= 15 is 0 Å². The van der Waals surface area contributed by atoms with Crippen molar-refractivity contribution in [1.82, 2.24) is 4.31 Å². The van der Waals surface area contributed by atoms with Crippen LogP contribution in [0.3, 0.4) is 0 Å². The molecule has 1 aliphatic heterocycles. The van der Waals surface area contributed by atoms with Gasteiger partial charge in [-0.05, 0) is 19.3 Å². The van der Waals surface area contributed by atoms with E-state index in [-0.39, 0.29) is 13.2 Å². The number of esters is 1. The number of sulfonamides is 1. The summed E-state index contributed by atoms with van der Waals surface area (Å²) in [5.41, 5.74) is 0. The Bertz CT molecular complexity index is 451. The van der Waals surface area contributed by atoms with Crippen molar-refractivity contribution >= 4 is 16.0 Å². The molecule has 0 N–H and O–H groups in total. The number of piperidine rings is 1. The van der Waals surface area contributed by atoms with E-state index in [9.17, 15) is 26.4 Å². The van der Waals surface area contributed by atoms with E-state index in [1.54, 1.807) is 0 Å². The number of alkyl halides is 3. The molecule has 0 aliphatic carbocycles. The van der Waals surface area contributed by atoms with Gasteiger partial charge in [-0.3, -0.25) is 4.79 Å². The maximum Gasteiger partial charge on any atom is 0.411 e. The summed E-state index contributed by atoms with van der Waals surface area (Å²) in [6.45, 7) is -1.91.